The molecule has 0 aliphatic heterocycles. The lowest BCUT2D eigenvalue weighted by atomic mass is 10.0. The molecule has 0 radical (unpaired) electrons. The molecule has 2 atom stereocenters. The van der Waals surface area contributed by atoms with Gasteiger partial charge >= 0.3 is 0 Å². The van der Waals surface area contributed by atoms with Crippen LogP contribution in [0, 0.1) is 0 Å². The monoisotopic (exact) mass is 603 g/mol. The van der Waals surface area contributed by atoms with E-state index in [4.69, 9.17) is 17.2 Å². The number of amides is 3. The number of nitrogens with one attached hydrogen (secondary N) is 2. The summed E-state index contributed by atoms with van der Waals surface area (Å²) in [5.41, 5.74) is 18.7. The summed E-state index contributed by atoms with van der Waals surface area (Å²) in [6.45, 7) is 2.96. The predicted octanol–water partition coefficient (Wildman–Crippen LogP) is 0.770. The fraction of sp³-hybridized carbons (Fsp3) is 0.407. The first-order valence-electron chi connectivity index (χ1n) is 12.8. The molecule has 3 amide bonds. The van der Waals surface area contributed by atoms with Crippen molar-refractivity contribution < 1.29 is 19.5 Å². The van der Waals surface area contributed by atoms with Crippen LogP contribution in [0.3, 0.4) is 0 Å². The Morgan fingerprint density at radius 2 is 1.67 bits per heavy atom. The number of phenols is 1. The van der Waals surface area contributed by atoms with E-state index in [2.05, 4.69) is 31.6 Å². The molecule has 0 spiro atoms. The quantitative estimate of drug-likeness (QED) is 0.0983. The molecule has 212 valence electrons. The van der Waals surface area contributed by atoms with Crippen LogP contribution in [0.5, 0.6) is 5.75 Å². The molecule has 0 saturated heterocycles. The molecular formula is C27H38BrN7O4. The normalized spacial score (nSPS) is 12.2. The molecule has 2 rings (SSSR count). The van der Waals surface area contributed by atoms with Crippen molar-refractivity contribution >= 4 is 39.6 Å². The summed E-state index contributed by atoms with van der Waals surface area (Å²) in [7, 11) is 0. The number of carbonyl (C=O) groups is 3. The summed E-state index contributed by atoms with van der Waals surface area (Å²) >= 11 is 3.41. The van der Waals surface area contributed by atoms with Crippen LogP contribution in [-0.4, -0.2) is 72.0 Å². The molecule has 39 heavy (non-hydrogen) atoms. The van der Waals surface area contributed by atoms with Gasteiger partial charge in [-0.25, -0.2) is 0 Å². The number of phenolic OH excluding ortho intramolecular Hbond substituents is 1. The summed E-state index contributed by atoms with van der Waals surface area (Å²) in [6.07, 6.45) is 1.57. The molecule has 0 unspecified atom stereocenters. The Labute approximate surface area is 237 Å². The minimum absolute atomic E-state index is 0.0654. The number of halogens is 1. The minimum Gasteiger partial charge on any atom is -0.508 e. The molecular weight excluding hydrogens is 566 g/mol. The predicted molar refractivity (Wildman–Crippen MR) is 155 cm³/mol. The third-order valence-corrected chi connectivity index (χ3v) is 6.57. The Bertz CT molecular complexity index is 1110. The number of carbonyl (C=O) groups excluding carboxylic acids is 3. The highest BCUT2D eigenvalue weighted by molar-refractivity contribution is 9.10. The van der Waals surface area contributed by atoms with Crippen molar-refractivity contribution in [2.75, 3.05) is 26.2 Å². The van der Waals surface area contributed by atoms with E-state index in [1.165, 1.54) is 12.1 Å². The van der Waals surface area contributed by atoms with Crippen molar-refractivity contribution in [1.29, 1.82) is 0 Å². The number of nitrogens with zero attached hydrogens (tertiary/aromatic N) is 2. The molecule has 2 aromatic rings. The minimum atomic E-state index is -0.928. The number of aromatic hydroxyl groups is 1. The maximum atomic E-state index is 13.0. The van der Waals surface area contributed by atoms with E-state index in [-0.39, 0.29) is 43.5 Å². The van der Waals surface area contributed by atoms with Gasteiger partial charge in [0.05, 0.1) is 12.6 Å². The van der Waals surface area contributed by atoms with Crippen molar-refractivity contribution in [3.63, 3.8) is 0 Å². The molecule has 0 saturated carbocycles. The van der Waals surface area contributed by atoms with E-state index in [9.17, 15) is 19.5 Å². The SMILES string of the molecule is CCN(CCc1ccc(Br)cc1)C(=O)CNC(=O)[C@@H](CCCN=C(N)N)NC(=O)[C@@H](N)Cc1ccc(O)cc1. The number of nitrogens with two attached hydrogens (primary N) is 3. The third kappa shape index (κ3) is 11.7. The average Bonchev–Trinajstić information content (AvgIpc) is 2.91. The van der Waals surface area contributed by atoms with Gasteiger partial charge < -0.3 is 37.8 Å². The van der Waals surface area contributed by atoms with Crippen molar-refractivity contribution in [1.82, 2.24) is 15.5 Å². The van der Waals surface area contributed by atoms with Crippen LogP contribution < -0.4 is 27.8 Å². The molecule has 2 aromatic carbocycles. The van der Waals surface area contributed by atoms with Crippen LogP contribution in [0.2, 0.25) is 0 Å². The zero-order valence-electron chi connectivity index (χ0n) is 22.1. The van der Waals surface area contributed by atoms with Gasteiger partial charge in [-0.15, -0.1) is 0 Å². The third-order valence-electron chi connectivity index (χ3n) is 6.04. The Balaban J connectivity index is 1.95. The first-order chi connectivity index (χ1) is 18.6. The lowest BCUT2D eigenvalue weighted by molar-refractivity contribution is -0.134. The van der Waals surface area contributed by atoms with Crippen molar-refractivity contribution in [2.45, 2.75) is 44.7 Å². The summed E-state index contributed by atoms with van der Waals surface area (Å²) in [5.74, 6) is -1.19. The fourth-order valence-electron chi connectivity index (χ4n) is 3.80. The lowest BCUT2D eigenvalue weighted by Gasteiger charge is -2.23. The Morgan fingerprint density at radius 1 is 1.03 bits per heavy atom. The van der Waals surface area contributed by atoms with Gasteiger partial charge in [0, 0.05) is 24.1 Å². The van der Waals surface area contributed by atoms with Crippen molar-refractivity contribution in [3.05, 3.63) is 64.1 Å². The number of rotatable bonds is 15. The highest BCUT2D eigenvalue weighted by Crippen LogP contribution is 2.12. The Kier molecular flexibility index (Phi) is 13.2. The molecule has 0 aliphatic carbocycles. The first kappa shape index (κ1) is 31.6. The van der Waals surface area contributed by atoms with Gasteiger partial charge in [0.1, 0.15) is 11.8 Å². The molecule has 0 fully saturated rings. The number of hydrogen-bond acceptors (Lipinski definition) is 6. The Hall–Kier alpha value is -3.64. The van der Waals surface area contributed by atoms with E-state index < -0.39 is 23.9 Å². The maximum absolute atomic E-state index is 13.0. The molecule has 9 N–H and O–H groups in total. The van der Waals surface area contributed by atoms with Gasteiger partial charge in [0.2, 0.25) is 17.7 Å². The summed E-state index contributed by atoms with van der Waals surface area (Å²) in [4.78, 5) is 44.2. The smallest absolute Gasteiger partial charge is 0.243 e. The second-order valence-corrected chi connectivity index (χ2v) is 9.97. The highest BCUT2D eigenvalue weighted by atomic mass is 79.9. The van der Waals surface area contributed by atoms with Crippen LogP contribution in [0.4, 0.5) is 0 Å². The Morgan fingerprint density at radius 3 is 2.28 bits per heavy atom. The first-order valence-corrected chi connectivity index (χ1v) is 13.6. The van der Waals surface area contributed by atoms with E-state index in [0.29, 0.717) is 25.9 Å². The number of aliphatic imine (C=N–C) groups is 1. The van der Waals surface area contributed by atoms with E-state index in [1.54, 1.807) is 17.0 Å². The number of likely N-dealkylation sites (N-methyl/N-ethyl adjacent to an activating group) is 1. The second-order valence-electron chi connectivity index (χ2n) is 9.05. The van der Waals surface area contributed by atoms with Crippen LogP contribution in [-0.2, 0) is 27.2 Å². The van der Waals surface area contributed by atoms with Gasteiger partial charge in [-0.1, -0.05) is 40.2 Å². The molecule has 0 aliphatic rings. The van der Waals surface area contributed by atoms with Gasteiger partial charge in [-0.3, -0.25) is 19.4 Å². The van der Waals surface area contributed by atoms with Crippen molar-refractivity contribution in [3.8, 4) is 5.75 Å². The van der Waals surface area contributed by atoms with E-state index in [1.807, 2.05) is 31.2 Å². The number of hydrogen-bond donors (Lipinski definition) is 6. The molecule has 0 heterocycles. The lowest BCUT2D eigenvalue weighted by Crippen LogP contribution is -2.53. The maximum Gasteiger partial charge on any atom is 0.243 e. The van der Waals surface area contributed by atoms with Gasteiger partial charge in [0.25, 0.3) is 0 Å². The van der Waals surface area contributed by atoms with Gasteiger partial charge in [-0.05, 0) is 68.0 Å². The van der Waals surface area contributed by atoms with Crippen LogP contribution in [0.25, 0.3) is 0 Å². The van der Waals surface area contributed by atoms with E-state index >= 15 is 0 Å². The highest BCUT2D eigenvalue weighted by Gasteiger charge is 2.24. The summed E-state index contributed by atoms with van der Waals surface area (Å²) in [6, 6.07) is 12.4. The van der Waals surface area contributed by atoms with E-state index in [0.717, 1.165) is 15.6 Å². The van der Waals surface area contributed by atoms with Gasteiger partial charge in [0.15, 0.2) is 5.96 Å². The molecule has 12 heteroatoms. The number of benzene rings is 2. The fourth-order valence-corrected chi connectivity index (χ4v) is 4.07. The average molecular weight is 605 g/mol. The van der Waals surface area contributed by atoms with Crippen LogP contribution >= 0.6 is 15.9 Å². The van der Waals surface area contributed by atoms with Crippen molar-refractivity contribution in [2.24, 2.45) is 22.2 Å². The standard InChI is InChI=1S/C27H38BrN7O4/c1-2-35(15-13-18-5-9-20(28)10-6-18)24(37)17-33-26(39)23(4-3-14-32-27(30)31)34-25(38)22(29)16-19-7-11-21(36)12-8-19/h5-12,22-23,36H,2-4,13-17,29H2,1H3,(H,33,39)(H,34,38)(H4,30,31,32)/t22-,23+/m0/s1. The summed E-state index contributed by atoms with van der Waals surface area (Å²) in [5, 5.41) is 14.8. The molecule has 11 nitrogen and oxygen atoms in total. The zero-order chi connectivity index (χ0) is 28.8. The molecule has 0 aromatic heterocycles. The topological polar surface area (TPSA) is 189 Å². The number of guanidine groups is 1. The second kappa shape index (κ2) is 16.4. The zero-order valence-corrected chi connectivity index (χ0v) is 23.7. The van der Waals surface area contributed by atoms with Crippen LogP contribution in [0.15, 0.2) is 58.0 Å². The largest absolute Gasteiger partial charge is 0.508 e. The molecule has 0 bridgehead atoms. The van der Waals surface area contributed by atoms with Crippen LogP contribution in [0.1, 0.15) is 30.9 Å². The summed E-state index contributed by atoms with van der Waals surface area (Å²) < 4.78 is 0.985. The van der Waals surface area contributed by atoms with Gasteiger partial charge in [-0.2, -0.15) is 0 Å².